The number of carbonyl (C=O) groups is 3. The van der Waals surface area contributed by atoms with Crippen molar-refractivity contribution in [2.45, 2.75) is 32.9 Å². The van der Waals surface area contributed by atoms with E-state index < -0.39 is 29.9 Å². The van der Waals surface area contributed by atoms with Crippen LogP contribution < -0.4 is 10.6 Å². The molecule has 2 atom stereocenters. The van der Waals surface area contributed by atoms with Crippen molar-refractivity contribution in [3.8, 4) is 0 Å². The summed E-state index contributed by atoms with van der Waals surface area (Å²) >= 11 is 0. The molecule has 2 aromatic carbocycles. The summed E-state index contributed by atoms with van der Waals surface area (Å²) in [6.45, 7) is 5.58. The maximum Gasteiger partial charge on any atom is 0.330 e. The van der Waals surface area contributed by atoms with E-state index >= 15 is 0 Å². The quantitative estimate of drug-likeness (QED) is 0.545. The minimum Gasteiger partial charge on any atom is -0.479 e. The van der Waals surface area contributed by atoms with Crippen LogP contribution in [-0.2, 0) is 16.6 Å². The molecule has 1 heterocycles. The second kappa shape index (κ2) is 9.04. The van der Waals surface area contributed by atoms with E-state index in [9.17, 15) is 19.5 Å². The first-order valence-corrected chi connectivity index (χ1v) is 10.1. The fraction of sp³-hybridized carbons (Fsp3) is 0.292. The minimum absolute atomic E-state index is 0.244. The van der Waals surface area contributed by atoms with Gasteiger partial charge in [0.25, 0.3) is 5.91 Å². The van der Waals surface area contributed by atoms with Crippen molar-refractivity contribution in [3.63, 3.8) is 0 Å². The van der Waals surface area contributed by atoms with Gasteiger partial charge in [0.05, 0.1) is 0 Å². The lowest BCUT2D eigenvalue weighted by Crippen LogP contribution is -2.51. The van der Waals surface area contributed by atoms with Crippen LogP contribution in [0.25, 0.3) is 10.9 Å². The maximum atomic E-state index is 13.0. The molecule has 0 radical (unpaired) electrons. The van der Waals surface area contributed by atoms with Crippen molar-refractivity contribution in [1.82, 2.24) is 15.2 Å². The zero-order valence-electron chi connectivity index (χ0n) is 18.0. The average Bonchev–Trinajstić information content (AvgIpc) is 3.05. The highest BCUT2D eigenvalue weighted by atomic mass is 16.4. The van der Waals surface area contributed by atoms with Crippen LogP contribution in [-0.4, -0.2) is 33.5 Å². The number of rotatable bonds is 7. The number of aryl methyl sites for hydroxylation is 2. The van der Waals surface area contributed by atoms with Gasteiger partial charge in [-0.05, 0) is 36.6 Å². The van der Waals surface area contributed by atoms with Crippen molar-refractivity contribution in [1.29, 1.82) is 0 Å². The molecule has 0 saturated heterocycles. The number of nitrogens with zero attached hydrogens (tertiary/aromatic N) is 1. The number of amides is 2. The smallest absolute Gasteiger partial charge is 0.330 e. The Kier molecular flexibility index (Phi) is 6.44. The summed E-state index contributed by atoms with van der Waals surface area (Å²) in [5.74, 6) is -2.35. The molecule has 2 amide bonds. The third-order valence-corrected chi connectivity index (χ3v) is 5.33. The number of nitrogens with one attached hydrogen (secondary N) is 2. The second-order valence-corrected chi connectivity index (χ2v) is 8.04. The Labute approximate surface area is 181 Å². The van der Waals surface area contributed by atoms with Gasteiger partial charge >= 0.3 is 5.97 Å². The van der Waals surface area contributed by atoms with E-state index in [1.54, 1.807) is 61.9 Å². The number of carbonyl (C=O) groups excluding carboxylic acids is 2. The van der Waals surface area contributed by atoms with Gasteiger partial charge in [-0.25, -0.2) is 4.79 Å². The zero-order valence-corrected chi connectivity index (χ0v) is 18.0. The monoisotopic (exact) mass is 421 g/mol. The van der Waals surface area contributed by atoms with Crippen LogP contribution in [0.15, 0.2) is 54.6 Å². The second-order valence-electron chi connectivity index (χ2n) is 8.04. The first-order valence-electron chi connectivity index (χ1n) is 10.1. The summed E-state index contributed by atoms with van der Waals surface area (Å²) < 4.78 is 1.78. The van der Waals surface area contributed by atoms with Crippen LogP contribution in [0.1, 0.15) is 41.5 Å². The van der Waals surface area contributed by atoms with Crippen LogP contribution in [0, 0.1) is 12.8 Å². The van der Waals surface area contributed by atoms with E-state index in [0.717, 1.165) is 16.5 Å². The van der Waals surface area contributed by atoms with Gasteiger partial charge in [-0.1, -0.05) is 55.8 Å². The van der Waals surface area contributed by atoms with E-state index in [1.165, 1.54) is 0 Å². The first kappa shape index (κ1) is 22.1. The molecule has 7 nitrogen and oxygen atoms in total. The zero-order chi connectivity index (χ0) is 22.7. The number of benzene rings is 2. The summed E-state index contributed by atoms with van der Waals surface area (Å²) in [6, 6.07) is 14.1. The van der Waals surface area contributed by atoms with Gasteiger partial charge in [0.2, 0.25) is 5.91 Å². The van der Waals surface area contributed by atoms with E-state index in [-0.39, 0.29) is 5.92 Å². The molecule has 3 N–H and O–H groups in total. The van der Waals surface area contributed by atoms with Crippen LogP contribution in [0.3, 0.4) is 0 Å². The number of hydrogen-bond acceptors (Lipinski definition) is 3. The van der Waals surface area contributed by atoms with Crippen molar-refractivity contribution >= 4 is 28.7 Å². The molecule has 0 bridgehead atoms. The Hall–Kier alpha value is -3.61. The fourth-order valence-electron chi connectivity index (χ4n) is 3.60. The number of carboxylic acids is 1. The summed E-state index contributed by atoms with van der Waals surface area (Å²) in [5.41, 5.74) is 2.89. The molecule has 162 valence electrons. The normalized spacial score (nSPS) is 13.1. The van der Waals surface area contributed by atoms with Crippen molar-refractivity contribution in [2.24, 2.45) is 13.0 Å². The van der Waals surface area contributed by atoms with E-state index in [4.69, 9.17) is 0 Å². The number of hydrogen-bond donors (Lipinski definition) is 3. The summed E-state index contributed by atoms with van der Waals surface area (Å²) in [6.07, 6.45) is 0. The molecule has 3 aromatic rings. The van der Waals surface area contributed by atoms with Crippen LogP contribution in [0.5, 0.6) is 0 Å². The van der Waals surface area contributed by atoms with E-state index in [2.05, 4.69) is 10.6 Å². The molecule has 0 aliphatic rings. The molecule has 0 saturated carbocycles. The Balaban J connectivity index is 1.82. The molecule has 1 aromatic heterocycles. The fourth-order valence-corrected chi connectivity index (χ4v) is 3.60. The van der Waals surface area contributed by atoms with Gasteiger partial charge in [0.15, 0.2) is 6.04 Å². The lowest BCUT2D eigenvalue weighted by atomic mass is 10.0. The highest BCUT2D eigenvalue weighted by Gasteiger charge is 2.30. The molecule has 31 heavy (non-hydrogen) atoms. The van der Waals surface area contributed by atoms with Crippen molar-refractivity contribution < 1.29 is 19.5 Å². The summed E-state index contributed by atoms with van der Waals surface area (Å²) in [4.78, 5) is 37.7. The first-order chi connectivity index (χ1) is 14.7. The van der Waals surface area contributed by atoms with Gasteiger partial charge in [-0.15, -0.1) is 0 Å². The van der Waals surface area contributed by atoms with Gasteiger partial charge in [-0.3, -0.25) is 9.59 Å². The summed E-state index contributed by atoms with van der Waals surface area (Å²) in [7, 11) is 1.80. The Morgan fingerprint density at radius 1 is 0.968 bits per heavy atom. The van der Waals surface area contributed by atoms with E-state index in [1.807, 2.05) is 25.1 Å². The molecule has 0 fully saturated rings. The van der Waals surface area contributed by atoms with Crippen molar-refractivity contribution in [3.05, 3.63) is 71.4 Å². The number of fused-ring (bicyclic) bond motifs is 1. The molecule has 7 heteroatoms. The standard InChI is InChI=1S/C24H27N3O4/c1-14(2)20(23(29)26-21(24(30)31)16-8-6-5-7-9-16)25-22(28)19-13-17-12-15(3)10-11-18(17)27(19)4/h5-14,20-21H,1-4H3,(H,25,28)(H,26,29)(H,30,31). The highest BCUT2D eigenvalue weighted by molar-refractivity contribution is 6.01. The van der Waals surface area contributed by atoms with E-state index in [0.29, 0.717) is 11.3 Å². The highest BCUT2D eigenvalue weighted by Crippen LogP contribution is 2.21. The SMILES string of the molecule is Cc1ccc2c(c1)cc(C(=O)NC(C(=O)NC(C(=O)O)c1ccccc1)C(C)C)n2C. The largest absolute Gasteiger partial charge is 0.479 e. The molecule has 0 aliphatic heterocycles. The predicted octanol–water partition coefficient (Wildman–Crippen LogP) is 3.18. The van der Waals surface area contributed by atoms with Crippen molar-refractivity contribution in [2.75, 3.05) is 0 Å². The summed E-state index contributed by atoms with van der Waals surface area (Å²) in [5, 5.41) is 15.9. The topological polar surface area (TPSA) is 100 Å². The third-order valence-electron chi connectivity index (χ3n) is 5.33. The number of carboxylic acid groups (broad SMARTS) is 1. The van der Waals surface area contributed by atoms with Gasteiger partial charge in [0.1, 0.15) is 11.7 Å². The third kappa shape index (κ3) is 4.77. The van der Waals surface area contributed by atoms with Gasteiger partial charge < -0.3 is 20.3 Å². The molecule has 2 unspecified atom stereocenters. The molecular weight excluding hydrogens is 394 g/mol. The Morgan fingerprint density at radius 2 is 1.65 bits per heavy atom. The number of aliphatic carboxylic acids is 1. The number of aromatic nitrogens is 1. The Bertz CT molecular complexity index is 1120. The minimum atomic E-state index is -1.20. The van der Waals surface area contributed by atoms with Gasteiger partial charge in [-0.2, -0.15) is 0 Å². The van der Waals surface area contributed by atoms with Crippen LogP contribution in [0.4, 0.5) is 0 Å². The predicted molar refractivity (Wildman–Crippen MR) is 119 cm³/mol. The lowest BCUT2D eigenvalue weighted by Gasteiger charge is -2.24. The molecule has 0 spiro atoms. The van der Waals surface area contributed by atoms with Gasteiger partial charge in [0, 0.05) is 18.0 Å². The lowest BCUT2D eigenvalue weighted by molar-refractivity contribution is -0.142. The average molecular weight is 421 g/mol. The Morgan fingerprint density at radius 3 is 2.26 bits per heavy atom. The molecule has 3 rings (SSSR count). The molecular formula is C24H27N3O4. The maximum absolute atomic E-state index is 13.0. The van der Waals surface area contributed by atoms with Crippen LogP contribution in [0.2, 0.25) is 0 Å². The molecule has 0 aliphatic carbocycles. The van der Waals surface area contributed by atoms with Crippen LogP contribution >= 0.6 is 0 Å².